The second-order valence-electron chi connectivity index (χ2n) is 4.44. The fourth-order valence-electron chi connectivity index (χ4n) is 1.92. The van der Waals surface area contributed by atoms with Gasteiger partial charge in [0.15, 0.2) is 0 Å². The molecule has 0 aromatic carbocycles. The highest BCUT2D eigenvalue weighted by molar-refractivity contribution is 9.11. The Hall–Kier alpha value is -1.67. The lowest BCUT2D eigenvalue weighted by Crippen LogP contribution is -2.19. The summed E-state index contributed by atoms with van der Waals surface area (Å²) in [6.07, 6.45) is 0. The highest BCUT2D eigenvalue weighted by atomic mass is 79.9. The first-order chi connectivity index (χ1) is 10.0. The number of nitrogens with zero attached hydrogens (tertiary/aromatic N) is 3. The molecule has 8 heteroatoms. The van der Waals surface area contributed by atoms with Crippen molar-refractivity contribution in [1.82, 2.24) is 4.98 Å². The van der Waals surface area contributed by atoms with Crippen LogP contribution < -0.4 is 10.2 Å². The van der Waals surface area contributed by atoms with Gasteiger partial charge in [-0.25, -0.2) is 4.98 Å². The molecule has 6 nitrogen and oxygen atoms in total. The largest absolute Gasteiger partial charge is 0.370 e. The number of nitrogens with one attached hydrogen (secondary N) is 1. The highest BCUT2D eigenvalue weighted by Crippen LogP contribution is 2.29. The van der Waals surface area contributed by atoms with Crippen molar-refractivity contribution < 1.29 is 4.92 Å². The van der Waals surface area contributed by atoms with Crippen molar-refractivity contribution in [2.75, 3.05) is 23.8 Å². The van der Waals surface area contributed by atoms with Crippen LogP contribution in [0.5, 0.6) is 0 Å². The van der Waals surface area contributed by atoms with Crippen molar-refractivity contribution in [3.8, 4) is 0 Å². The number of aromatic nitrogens is 1. The summed E-state index contributed by atoms with van der Waals surface area (Å²) < 4.78 is 1.04. The van der Waals surface area contributed by atoms with Gasteiger partial charge in [0.25, 0.3) is 0 Å². The minimum Gasteiger partial charge on any atom is -0.370 e. The first kappa shape index (κ1) is 15.7. The molecule has 2 rings (SSSR count). The van der Waals surface area contributed by atoms with Gasteiger partial charge in [0.05, 0.1) is 8.71 Å². The summed E-state index contributed by atoms with van der Waals surface area (Å²) in [4.78, 5) is 16.9. The molecule has 0 atom stereocenters. The molecule has 0 aliphatic carbocycles. The van der Waals surface area contributed by atoms with E-state index in [1.165, 1.54) is 6.07 Å². The van der Waals surface area contributed by atoms with E-state index in [-0.39, 0.29) is 5.69 Å². The zero-order valence-corrected chi connectivity index (χ0v) is 14.1. The molecular formula is C13H15BrN4O2S. The van der Waals surface area contributed by atoms with Crippen LogP contribution in [0.2, 0.25) is 0 Å². The molecule has 0 saturated carbocycles. The van der Waals surface area contributed by atoms with E-state index in [2.05, 4.69) is 26.2 Å². The van der Waals surface area contributed by atoms with Crippen molar-refractivity contribution in [2.45, 2.75) is 13.5 Å². The van der Waals surface area contributed by atoms with Gasteiger partial charge in [0.2, 0.25) is 5.82 Å². The zero-order chi connectivity index (χ0) is 15.4. The molecule has 0 radical (unpaired) electrons. The molecule has 0 saturated heterocycles. The first-order valence-electron chi connectivity index (χ1n) is 6.34. The standard InChI is InChI=1S/C13H15BrN4O2S/c1-3-15-12-5-4-10(18(19)20)13(16-12)17(2)7-9-6-11(14)21-8-9/h4-6,8H,3,7H2,1-2H3,(H,15,16). The van der Waals surface area contributed by atoms with Crippen LogP contribution in [-0.4, -0.2) is 23.5 Å². The predicted octanol–water partition coefficient (Wildman–Crippen LogP) is 3.88. The third kappa shape index (κ3) is 3.92. The van der Waals surface area contributed by atoms with E-state index in [0.717, 1.165) is 9.35 Å². The Morgan fingerprint density at radius 1 is 1.52 bits per heavy atom. The summed E-state index contributed by atoms with van der Waals surface area (Å²) in [5.41, 5.74) is 1.09. The number of anilines is 2. The Morgan fingerprint density at radius 3 is 2.86 bits per heavy atom. The Labute approximate surface area is 135 Å². The maximum Gasteiger partial charge on any atom is 0.311 e. The second-order valence-corrected chi connectivity index (χ2v) is 6.73. The van der Waals surface area contributed by atoms with E-state index in [1.807, 2.05) is 18.4 Å². The van der Waals surface area contributed by atoms with Crippen LogP contribution >= 0.6 is 27.3 Å². The maximum absolute atomic E-state index is 11.2. The summed E-state index contributed by atoms with van der Waals surface area (Å²) in [6.45, 7) is 3.23. The molecule has 2 aromatic rings. The van der Waals surface area contributed by atoms with Gasteiger partial charge < -0.3 is 10.2 Å². The summed E-state index contributed by atoms with van der Waals surface area (Å²) in [5, 5.41) is 16.3. The van der Waals surface area contributed by atoms with E-state index in [4.69, 9.17) is 0 Å². The molecule has 0 unspecified atom stereocenters. The summed E-state index contributed by atoms with van der Waals surface area (Å²) in [6, 6.07) is 5.11. The molecule has 2 aromatic heterocycles. The van der Waals surface area contributed by atoms with Crippen LogP contribution in [0.15, 0.2) is 27.4 Å². The normalized spacial score (nSPS) is 10.4. The van der Waals surface area contributed by atoms with Crippen LogP contribution in [0, 0.1) is 10.1 Å². The van der Waals surface area contributed by atoms with Gasteiger partial charge in [0, 0.05) is 26.2 Å². The van der Waals surface area contributed by atoms with Crippen molar-refractivity contribution in [3.05, 3.63) is 43.0 Å². The smallest absolute Gasteiger partial charge is 0.311 e. The molecule has 1 N–H and O–H groups in total. The number of nitro groups is 1. The fourth-order valence-corrected chi connectivity index (χ4v) is 3.12. The van der Waals surface area contributed by atoms with Gasteiger partial charge in [0.1, 0.15) is 5.82 Å². The molecule has 0 amide bonds. The molecule has 0 bridgehead atoms. The average Bonchev–Trinajstić information content (AvgIpc) is 2.84. The van der Waals surface area contributed by atoms with Gasteiger partial charge in [-0.2, -0.15) is 0 Å². The topological polar surface area (TPSA) is 71.3 Å². The van der Waals surface area contributed by atoms with Crippen LogP contribution in [0.4, 0.5) is 17.3 Å². The molecular weight excluding hydrogens is 356 g/mol. The first-order valence-corrected chi connectivity index (χ1v) is 8.02. The van der Waals surface area contributed by atoms with Crippen LogP contribution in [-0.2, 0) is 6.54 Å². The van der Waals surface area contributed by atoms with E-state index < -0.39 is 4.92 Å². The number of halogens is 1. The lowest BCUT2D eigenvalue weighted by molar-refractivity contribution is -0.384. The predicted molar refractivity (Wildman–Crippen MR) is 89.2 cm³/mol. The van der Waals surface area contributed by atoms with Gasteiger partial charge >= 0.3 is 5.69 Å². The van der Waals surface area contributed by atoms with Gasteiger partial charge in [-0.05, 0) is 45.9 Å². The van der Waals surface area contributed by atoms with Crippen molar-refractivity contribution in [2.24, 2.45) is 0 Å². The van der Waals surface area contributed by atoms with Crippen molar-refractivity contribution in [1.29, 1.82) is 0 Å². The highest BCUT2D eigenvalue weighted by Gasteiger charge is 2.20. The molecule has 0 spiro atoms. The monoisotopic (exact) mass is 370 g/mol. The SMILES string of the molecule is CCNc1ccc([N+](=O)[O-])c(N(C)Cc2csc(Br)c2)n1. The van der Waals surface area contributed by atoms with Crippen LogP contribution in [0.3, 0.4) is 0 Å². The average molecular weight is 371 g/mol. The molecule has 0 aliphatic rings. The third-order valence-corrected chi connectivity index (χ3v) is 4.37. The third-order valence-electron chi connectivity index (χ3n) is 2.81. The number of pyridine rings is 1. The number of hydrogen-bond acceptors (Lipinski definition) is 6. The number of hydrogen-bond donors (Lipinski definition) is 1. The summed E-state index contributed by atoms with van der Waals surface area (Å²) in [7, 11) is 1.80. The minimum absolute atomic E-state index is 0.00782. The van der Waals surface area contributed by atoms with Crippen LogP contribution in [0.1, 0.15) is 12.5 Å². The minimum atomic E-state index is -0.405. The van der Waals surface area contributed by atoms with E-state index in [9.17, 15) is 10.1 Å². The number of thiophene rings is 1. The maximum atomic E-state index is 11.2. The second kappa shape index (κ2) is 6.86. The van der Waals surface area contributed by atoms with Crippen molar-refractivity contribution >= 4 is 44.6 Å². The zero-order valence-electron chi connectivity index (χ0n) is 11.7. The Balaban J connectivity index is 2.30. The Bertz CT molecular complexity index is 647. The molecule has 0 fully saturated rings. The van der Waals surface area contributed by atoms with Gasteiger partial charge in [-0.1, -0.05) is 0 Å². The lowest BCUT2D eigenvalue weighted by atomic mass is 10.3. The Kier molecular flexibility index (Phi) is 5.13. The summed E-state index contributed by atoms with van der Waals surface area (Å²) in [5.74, 6) is 0.997. The fraction of sp³-hybridized carbons (Fsp3) is 0.308. The molecule has 0 aliphatic heterocycles. The Morgan fingerprint density at radius 2 is 2.29 bits per heavy atom. The number of rotatable bonds is 6. The van der Waals surface area contributed by atoms with E-state index in [1.54, 1.807) is 29.4 Å². The van der Waals surface area contributed by atoms with E-state index in [0.29, 0.717) is 24.7 Å². The van der Waals surface area contributed by atoms with E-state index >= 15 is 0 Å². The molecule has 21 heavy (non-hydrogen) atoms. The lowest BCUT2D eigenvalue weighted by Gasteiger charge is -2.18. The van der Waals surface area contributed by atoms with Gasteiger partial charge in [-0.15, -0.1) is 11.3 Å². The molecule has 112 valence electrons. The van der Waals surface area contributed by atoms with Crippen LogP contribution in [0.25, 0.3) is 0 Å². The summed E-state index contributed by atoms with van der Waals surface area (Å²) >= 11 is 5.00. The quantitative estimate of drug-likeness (QED) is 0.616. The van der Waals surface area contributed by atoms with Crippen molar-refractivity contribution in [3.63, 3.8) is 0 Å². The van der Waals surface area contributed by atoms with Gasteiger partial charge in [-0.3, -0.25) is 10.1 Å². The molecule has 2 heterocycles.